The number of piperazine rings is 1. The first kappa shape index (κ1) is 14.2. The molecule has 5 heteroatoms. The van der Waals surface area contributed by atoms with Crippen LogP contribution in [-0.2, 0) is 0 Å². The van der Waals surface area contributed by atoms with E-state index >= 15 is 0 Å². The second-order valence-corrected chi connectivity index (χ2v) is 7.44. The van der Waals surface area contributed by atoms with E-state index in [0.717, 1.165) is 31.3 Å². The van der Waals surface area contributed by atoms with Gasteiger partial charge >= 0.3 is 0 Å². The highest BCUT2D eigenvalue weighted by atomic mass is 32.2. The van der Waals surface area contributed by atoms with Crippen molar-refractivity contribution in [2.75, 3.05) is 39.0 Å². The first-order chi connectivity index (χ1) is 8.45. The van der Waals surface area contributed by atoms with Gasteiger partial charge in [-0.1, -0.05) is 32.5 Å². The third-order valence-electron chi connectivity index (χ3n) is 3.66. The summed E-state index contributed by atoms with van der Waals surface area (Å²) in [6, 6.07) is 0.453. The van der Waals surface area contributed by atoms with Gasteiger partial charge in [-0.3, -0.25) is 10.4 Å². The Balaban J connectivity index is 1.90. The Kier molecular flexibility index (Phi) is 4.56. The van der Waals surface area contributed by atoms with Crippen LogP contribution in [0.3, 0.4) is 0 Å². The quantitative estimate of drug-likeness (QED) is 0.785. The highest BCUT2D eigenvalue weighted by molar-refractivity contribution is 8.13. The van der Waals surface area contributed by atoms with Crippen molar-refractivity contribution in [1.82, 2.24) is 15.3 Å². The molecule has 2 aliphatic heterocycles. The van der Waals surface area contributed by atoms with Crippen LogP contribution in [0.5, 0.6) is 0 Å². The molecule has 1 unspecified atom stereocenters. The molecule has 1 N–H and O–H groups in total. The Morgan fingerprint density at radius 1 is 1.22 bits per heavy atom. The van der Waals surface area contributed by atoms with Crippen molar-refractivity contribution in [3.8, 4) is 0 Å². The summed E-state index contributed by atoms with van der Waals surface area (Å²) in [6.07, 6.45) is 1.20. The second-order valence-electron chi connectivity index (χ2n) is 6.36. The number of amidine groups is 1. The molecular weight excluding hydrogens is 244 g/mol. The highest BCUT2D eigenvalue weighted by Gasteiger charge is 2.28. The van der Waals surface area contributed by atoms with E-state index in [1.54, 1.807) is 0 Å². The second kappa shape index (κ2) is 5.80. The number of hydrazine groups is 1. The normalized spacial score (nSPS) is 28.0. The molecular formula is C13H26N4S. The topological polar surface area (TPSA) is 30.9 Å². The maximum atomic E-state index is 4.88. The van der Waals surface area contributed by atoms with Crippen molar-refractivity contribution in [1.29, 1.82) is 0 Å². The zero-order valence-electron chi connectivity index (χ0n) is 12.1. The number of likely N-dealkylation sites (N-methyl/N-ethyl adjacent to an activating group) is 1. The van der Waals surface area contributed by atoms with Crippen LogP contribution in [-0.4, -0.2) is 60.1 Å². The molecule has 4 nitrogen and oxygen atoms in total. The predicted octanol–water partition coefficient (Wildman–Crippen LogP) is 1.65. The fourth-order valence-electron chi connectivity index (χ4n) is 2.25. The van der Waals surface area contributed by atoms with Crippen molar-refractivity contribution >= 4 is 16.9 Å². The molecule has 0 aliphatic carbocycles. The molecule has 0 aromatic heterocycles. The van der Waals surface area contributed by atoms with Crippen LogP contribution < -0.4 is 5.43 Å². The van der Waals surface area contributed by atoms with Gasteiger partial charge in [0.1, 0.15) is 0 Å². The summed E-state index contributed by atoms with van der Waals surface area (Å²) < 4.78 is 0. The predicted molar refractivity (Wildman–Crippen MR) is 80.0 cm³/mol. The van der Waals surface area contributed by atoms with Gasteiger partial charge in [-0.25, -0.2) is 5.01 Å². The van der Waals surface area contributed by atoms with E-state index in [9.17, 15) is 0 Å². The van der Waals surface area contributed by atoms with Crippen LogP contribution >= 0.6 is 11.8 Å². The number of aliphatic imine (C=N–C) groups is 1. The van der Waals surface area contributed by atoms with E-state index in [1.165, 1.54) is 12.2 Å². The maximum absolute atomic E-state index is 4.88. The minimum absolute atomic E-state index is 0.274. The summed E-state index contributed by atoms with van der Waals surface area (Å²) >= 11 is 1.86. The van der Waals surface area contributed by atoms with Gasteiger partial charge in [0.2, 0.25) is 0 Å². The summed E-state index contributed by atoms with van der Waals surface area (Å²) in [5.74, 6) is 1.18. The molecule has 2 aliphatic rings. The Morgan fingerprint density at radius 3 is 2.50 bits per heavy atom. The minimum atomic E-state index is 0.274. The van der Waals surface area contributed by atoms with Gasteiger partial charge in [-0.15, -0.1) is 0 Å². The van der Waals surface area contributed by atoms with E-state index in [1.807, 2.05) is 11.8 Å². The molecule has 0 saturated carbocycles. The van der Waals surface area contributed by atoms with Gasteiger partial charge in [0.05, 0.1) is 6.04 Å². The van der Waals surface area contributed by atoms with Crippen molar-refractivity contribution in [2.24, 2.45) is 10.4 Å². The lowest BCUT2D eigenvalue weighted by molar-refractivity contribution is 0.131. The van der Waals surface area contributed by atoms with Crippen LogP contribution in [0.2, 0.25) is 0 Å². The van der Waals surface area contributed by atoms with Gasteiger partial charge in [0, 0.05) is 31.9 Å². The molecule has 0 bridgehead atoms. The molecule has 1 atom stereocenters. The lowest BCUT2D eigenvalue weighted by atomic mass is 9.85. The zero-order chi connectivity index (χ0) is 13.2. The third-order valence-corrected chi connectivity index (χ3v) is 4.57. The number of nitrogens with zero attached hydrogens (tertiary/aromatic N) is 3. The lowest BCUT2D eigenvalue weighted by Gasteiger charge is -2.36. The molecule has 0 amide bonds. The molecule has 1 fully saturated rings. The number of thioether (sulfide) groups is 1. The number of rotatable bonds is 1. The van der Waals surface area contributed by atoms with Gasteiger partial charge in [0.15, 0.2) is 5.17 Å². The fraction of sp³-hybridized carbons (Fsp3) is 0.923. The highest BCUT2D eigenvalue weighted by Crippen LogP contribution is 2.30. The molecule has 2 rings (SSSR count). The average molecular weight is 270 g/mol. The average Bonchev–Trinajstić information content (AvgIpc) is 2.31. The standard InChI is InChI=1S/C13H26N4S/c1-13(2,3)11-5-10-18-12(14-11)15-17-8-6-16(4)7-9-17/h11H,5-10H2,1-4H3,(H,14,15). The van der Waals surface area contributed by atoms with Crippen LogP contribution in [0.25, 0.3) is 0 Å². The first-order valence-electron chi connectivity index (χ1n) is 6.86. The van der Waals surface area contributed by atoms with Gasteiger partial charge in [-0.2, -0.15) is 0 Å². The summed E-state index contributed by atoms with van der Waals surface area (Å²) in [5.41, 5.74) is 3.77. The fourth-order valence-corrected chi connectivity index (χ4v) is 3.18. The van der Waals surface area contributed by atoms with Crippen LogP contribution in [0.4, 0.5) is 0 Å². The van der Waals surface area contributed by atoms with Crippen LogP contribution in [0.1, 0.15) is 27.2 Å². The zero-order valence-corrected chi connectivity index (χ0v) is 12.9. The summed E-state index contributed by atoms with van der Waals surface area (Å²) in [6.45, 7) is 11.3. The third kappa shape index (κ3) is 3.87. The molecule has 0 spiro atoms. The summed E-state index contributed by atoms with van der Waals surface area (Å²) in [4.78, 5) is 7.25. The van der Waals surface area contributed by atoms with Crippen LogP contribution in [0.15, 0.2) is 4.99 Å². The molecule has 0 aromatic rings. The van der Waals surface area contributed by atoms with Crippen molar-refractivity contribution in [2.45, 2.75) is 33.2 Å². The van der Waals surface area contributed by atoms with E-state index in [4.69, 9.17) is 4.99 Å². The van der Waals surface area contributed by atoms with E-state index in [2.05, 4.69) is 43.2 Å². The molecule has 1 saturated heterocycles. The molecule has 0 aromatic carbocycles. The Hall–Kier alpha value is -0.260. The van der Waals surface area contributed by atoms with E-state index in [0.29, 0.717) is 6.04 Å². The monoisotopic (exact) mass is 270 g/mol. The minimum Gasteiger partial charge on any atom is -0.304 e. The van der Waals surface area contributed by atoms with Crippen molar-refractivity contribution in [3.05, 3.63) is 0 Å². The van der Waals surface area contributed by atoms with Crippen LogP contribution in [0, 0.1) is 5.41 Å². The Labute approximate surface area is 115 Å². The summed E-state index contributed by atoms with van der Waals surface area (Å²) in [5, 5.41) is 3.42. The van der Waals surface area contributed by atoms with Crippen molar-refractivity contribution in [3.63, 3.8) is 0 Å². The number of hydrogen-bond donors (Lipinski definition) is 1. The van der Waals surface area contributed by atoms with E-state index in [-0.39, 0.29) is 5.41 Å². The van der Waals surface area contributed by atoms with Gasteiger partial charge in [0.25, 0.3) is 0 Å². The maximum Gasteiger partial charge on any atom is 0.171 e. The number of hydrogen-bond acceptors (Lipinski definition) is 5. The first-order valence-corrected chi connectivity index (χ1v) is 7.84. The largest absolute Gasteiger partial charge is 0.304 e. The van der Waals surface area contributed by atoms with Gasteiger partial charge < -0.3 is 4.90 Å². The SMILES string of the molecule is CN1CCN(NC2=NC(C(C)(C)C)CCS2)CC1. The van der Waals surface area contributed by atoms with Crippen molar-refractivity contribution < 1.29 is 0 Å². The molecule has 18 heavy (non-hydrogen) atoms. The lowest BCUT2D eigenvalue weighted by Crippen LogP contribution is -2.52. The Bertz CT molecular complexity index is 303. The smallest absolute Gasteiger partial charge is 0.171 e. The summed E-state index contributed by atoms with van der Waals surface area (Å²) in [7, 11) is 2.18. The molecule has 2 heterocycles. The molecule has 0 radical (unpaired) electrons. The number of nitrogens with one attached hydrogen (secondary N) is 1. The molecule has 104 valence electrons. The van der Waals surface area contributed by atoms with Gasteiger partial charge in [-0.05, 0) is 18.9 Å². The Morgan fingerprint density at radius 2 is 1.89 bits per heavy atom. The van der Waals surface area contributed by atoms with E-state index < -0.39 is 0 Å².